The standard InChI is InChI=1S/C19H17N5O3S/c1-26-12-7-11(8-13(9-12)27-2)17-22-19(24-23-17)28-10-16-20-15-6-4-3-5-14(15)18(25)21-16/h3-9H,10H2,1-2H3,(H,20,21,25)(H,22,23,24). The fourth-order valence-corrected chi connectivity index (χ4v) is 3.39. The van der Waals surface area contributed by atoms with Crippen molar-refractivity contribution in [2.24, 2.45) is 0 Å². The summed E-state index contributed by atoms with van der Waals surface area (Å²) in [6, 6.07) is 12.7. The van der Waals surface area contributed by atoms with Gasteiger partial charge >= 0.3 is 0 Å². The van der Waals surface area contributed by atoms with Gasteiger partial charge in [-0.05, 0) is 24.3 Å². The van der Waals surface area contributed by atoms with Crippen LogP contribution in [0.25, 0.3) is 22.3 Å². The Balaban J connectivity index is 1.54. The van der Waals surface area contributed by atoms with Gasteiger partial charge in [0, 0.05) is 11.6 Å². The summed E-state index contributed by atoms with van der Waals surface area (Å²) >= 11 is 1.38. The van der Waals surface area contributed by atoms with E-state index in [9.17, 15) is 4.79 Å². The molecule has 2 aromatic heterocycles. The zero-order chi connectivity index (χ0) is 19.5. The molecule has 142 valence electrons. The van der Waals surface area contributed by atoms with E-state index in [1.165, 1.54) is 11.8 Å². The number of aromatic nitrogens is 5. The van der Waals surface area contributed by atoms with Crippen LogP contribution in [0.2, 0.25) is 0 Å². The van der Waals surface area contributed by atoms with E-state index in [0.717, 1.165) is 5.56 Å². The van der Waals surface area contributed by atoms with Gasteiger partial charge in [0.1, 0.15) is 17.3 Å². The van der Waals surface area contributed by atoms with E-state index >= 15 is 0 Å². The van der Waals surface area contributed by atoms with Crippen molar-refractivity contribution in [1.82, 2.24) is 25.1 Å². The molecule has 0 atom stereocenters. The van der Waals surface area contributed by atoms with Crippen molar-refractivity contribution in [3.63, 3.8) is 0 Å². The van der Waals surface area contributed by atoms with Crippen LogP contribution in [0, 0.1) is 0 Å². The first-order valence-electron chi connectivity index (χ1n) is 8.43. The van der Waals surface area contributed by atoms with Crippen molar-refractivity contribution in [3.05, 3.63) is 58.6 Å². The SMILES string of the molecule is COc1cc(OC)cc(-c2nc(SCc3nc4ccccc4c(=O)[nH]3)n[nH]2)c1. The lowest BCUT2D eigenvalue weighted by Crippen LogP contribution is -2.11. The molecule has 0 bridgehead atoms. The molecule has 0 amide bonds. The third-order valence-electron chi connectivity index (χ3n) is 4.09. The summed E-state index contributed by atoms with van der Waals surface area (Å²) in [4.78, 5) is 23.9. The molecule has 28 heavy (non-hydrogen) atoms. The summed E-state index contributed by atoms with van der Waals surface area (Å²) in [5.41, 5.74) is 1.31. The number of hydrogen-bond donors (Lipinski definition) is 2. The maximum atomic E-state index is 12.2. The van der Waals surface area contributed by atoms with E-state index < -0.39 is 0 Å². The summed E-state index contributed by atoms with van der Waals surface area (Å²) in [6.45, 7) is 0. The molecule has 0 aliphatic heterocycles. The summed E-state index contributed by atoms with van der Waals surface area (Å²) in [6.07, 6.45) is 0. The van der Waals surface area contributed by atoms with Crippen LogP contribution in [0.5, 0.6) is 11.5 Å². The van der Waals surface area contributed by atoms with Gasteiger partial charge in [-0.25, -0.2) is 9.97 Å². The van der Waals surface area contributed by atoms with Crippen LogP contribution in [0.1, 0.15) is 5.82 Å². The van der Waals surface area contributed by atoms with Crippen LogP contribution in [0.4, 0.5) is 0 Å². The van der Waals surface area contributed by atoms with Crippen molar-refractivity contribution >= 4 is 22.7 Å². The van der Waals surface area contributed by atoms with Gasteiger partial charge in [-0.2, -0.15) is 0 Å². The van der Waals surface area contributed by atoms with Gasteiger partial charge in [0.2, 0.25) is 5.16 Å². The van der Waals surface area contributed by atoms with Gasteiger partial charge in [0.05, 0.1) is 30.9 Å². The number of methoxy groups -OCH3 is 2. The fraction of sp³-hybridized carbons (Fsp3) is 0.158. The average Bonchev–Trinajstić information content (AvgIpc) is 3.21. The highest BCUT2D eigenvalue weighted by molar-refractivity contribution is 7.98. The lowest BCUT2D eigenvalue weighted by molar-refractivity contribution is 0.394. The molecular formula is C19H17N5O3S. The third kappa shape index (κ3) is 3.70. The Labute approximate surface area is 164 Å². The Morgan fingerprint density at radius 1 is 1.04 bits per heavy atom. The van der Waals surface area contributed by atoms with E-state index in [4.69, 9.17) is 9.47 Å². The van der Waals surface area contributed by atoms with Crippen molar-refractivity contribution in [2.45, 2.75) is 10.9 Å². The number of hydrogen-bond acceptors (Lipinski definition) is 7. The Hall–Kier alpha value is -3.33. The molecule has 8 nitrogen and oxygen atoms in total. The topological polar surface area (TPSA) is 106 Å². The van der Waals surface area contributed by atoms with Gasteiger partial charge in [0.25, 0.3) is 5.56 Å². The van der Waals surface area contributed by atoms with Crippen LogP contribution < -0.4 is 15.0 Å². The molecule has 0 fully saturated rings. The number of ether oxygens (including phenoxy) is 2. The van der Waals surface area contributed by atoms with Crippen LogP contribution >= 0.6 is 11.8 Å². The fourth-order valence-electron chi connectivity index (χ4n) is 2.72. The quantitative estimate of drug-likeness (QED) is 0.483. The zero-order valence-electron chi connectivity index (χ0n) is 15.2. The molecule has 0 radical (unpaired) electrons. The van der Waals surface area contributed by atoms with Gasteiger partial charge in [-0.15, -0.1) is 5.10 Å². The highest BCUT2D eigenvalue weighted by Gasteiger charge is 2.11. The second-order valence-corrected chi connectivity index (χ2v) is 6.83. The maximum absolute atomic E-state index is 12.2. The number of rotatable bonds is 6. The predicted octanol–water partition coefficient (Wildman–Crippen LogP) is 3.02. The first kappa shape index (κ1) is 18.1. The van der Waals surface area contributed by atoms with Crippen LogP contribution in [0.15, 0.2) is 52.4 Å². The number of nitrogens with one attached hydrogen (secondary N) is 2. The summed E-state index contributed by atoms with van der Waals surface area (Å²) in [7, 11) is 3.19. The average molecular weight is 395 g/mol. The first-order chi connectivity index (χ1) is 13.7. The van der Waals surface area contributed by atoms with E-state index in [1.807, 2.05) is 30.3 Å². The van der Waals surface area contributed by atoms with E-state index in [1.54, 1.807) is 26.4 Å². The van der Waals surface area contributed by atoms with Gasteiger partial charge in [-0.3, -0.25) is 9.89 Å². The number of para-hydroxylation sites is 1. The molecule has 0 saturated heterocycles. The highest BCUT2D eigenvalue weighted by Crippen LogP contribution is 2.29. The van der Waals surface area contributed by atoms with E-state index in [-0.39, 0.29) is 5.56 Å². The largest absolute Gasteiger partial charge is 0.497 e. The van der Waals surface area contributed by atoms with Crippen LogP contribution in [0.3, 0.4) is 0 Å². The summed E-state index contributed by atoms with van der Waals surface area (Å²) < 4.78 is 10.6. The number of nitrogens with zero attached hydrogens (tertiary/aromatic N) is 3. The normalized spacial score (nSPS) is 10.9. The third-order valence-corrected chi connectivity index (χ3v) is 4.95. The molecule has 2 heterocycles. The smallest absolute Gasteiger partial charge is 0.258 e. The molecule has 0 spiro atoms. The molecule has 0 unspecified atom stereocenters. The number of aromatic amines is 2. The van der Waals surface area contributed by atoms with Crippen LogP contribution in [-0.4, -0.2) is 39.4 Å². The van der Waals surface area contributed by atoms with Crippen molar-refractivity contribution in [3.8, 4) is 22.9 Å². The maximum Gasteiger partial charge on any atom is 0.258 e. The molecule has 2 N–H and O–H groups in total. The van der Waals surface area contributed by atoms with Crippen LogP contribution in [-0.2, 0) is 5.75 Å². The molecule has 0 aliphatic rings. The Bertz CT molecular complexity index is 1170. The molecule has 2 aromatic carbocycles. The second-order valence-electron chi connectivity index (χ2n) is 5.89. The molecule has 4 aromatic rings. The monoisotopic (exact) mass is 395 g/mol. The summed E-state index contributed by atoms with van der Waals surface area (Å²) in [5, 5.41) is 8.27. The van der Waals surface area contributed by atoms with Crippen molar-refractivity contribution in [1.29, 1.82) is 0 Å². The minimum absolute atomic E-state index is 0.152. The minimum atomic E-state index is -0.152. The molecular weight excluding hydrogens is 378 g/mol. The van der Waals surface area contributed by atoms with Gasteiger partial charge in [0.15, 0.2) is 5.82 Å². The zero-order valence-corrected chi connectivity index (χ0v) is 16.0. The number of H-pyrrole nitrogens is 2. The molecule has 9 heteroatoms. The van der Waals surface area contributed by atoms with Gasteiger partial charge in [-0.1, -0.05) is 23.9 Å². The van der Waals surface area contributed by atoms with Crippen molar-refractivity contribution < 1.29 is 9.47 Å². The first-order valence-corrected chi connectivity index (χ1v) is 9.41. The van der Waals surface area contributed by atoms with Crippen molar-refractivity contribution in [2.75, 3.05) is 14.2 Å². The molecule has 0 aliphatic carbocycles. The molecule has 4 rings (SSSR count). The highest BCUT2D eigenvalue weighted by atomic mass is 32.2. The summed E-state index contributed by atoms with van der Waals surface area (Å²) in [5.74, 6) is 2.94. The number of fused-ring (bicyclic) bond motifs is 1. The number of thioether (sulfide) groups is 1. The lowest BCUT2D eigenvalue weighted by Gasteiger charge is -2.06. The lowest BCUT2D eigenvalue weighted by atomic mass is 10.2. The Morgan fingerprint density at radius 3 is 2.54 bits per heavy atom. The molecule has 0 saturated carbocycles. The van der Waals surface area contributed by atoms with E-state index in [2.05, 4.69) is 25.1 Å². The Kier molecular flexibility index (Phi) is 4.98. The van der Waals surface area contributed by atoms with E-state index in [0.29, 0.717) is 45.0 Å². The van der Waals surface area contributed by atoms with Gasteiger partial charge < -0.3 is 14.5 Å². The minimum Gasteiger partial charge on any atom is -0.497 e. The Morgan fingerprint density at radius 2 is 1.79 bits per heavy atom. The predicted molar refractivity (Wildman–Crippen MR) is 107 cm³/mol. The second kappa shape index (κ2) is 7.73. The number of benzene rings is 2.